The monoisotopic (exact) mass is 327 g/mol. The van der Waals surface area contributed by atoms with Crippen LogP contribution in [-0.4, -0.2) is 28.8 Å². The third kappa shape index (κ3) is 4.44. The molecule has 6 heteroatoms. The molecule has 1 aliphatic rings. The Hall–Kier alpha value is -2.63. The van der Waals surface area contributed by atoms with Crippen LogP contribution < -0.4 is 15.6 Å². The first kappa shape index (κ1) is 16.2. The maximum atomic E-state index is 11.9. The summed E-state index contributed by atoms with van der Waals surface area (Å²) in [5.41, 5.74) is 1.00. The van der Waals surface area contributed by atoms with Crippen molar-refractivity contribution in [2.75, 3.05) is 6.54 Å². The maximum absolute atomic E-state index is 11.9. The first-order valence-electron chi connectivity index (χ1n) is 8.30. The van der Waals surface area contributed by atoms with E-state index in [1.165, 1.54) is 25.0 Å². The van der Waals surface area contributed by atoms with Crippen LogP contribution in [0.2, 0.25) is 0 Å². The molecule has 24 heavy (non-hydrogen) atoms. The van der Waals surface area contributed by atoms with Crippen molar-refractivity contribution >= 4 is 5.91 Å². The normalized spacial score (nSPS) is 14.5. The highest BCUT2D eigenvalue weighted by atomic mass is 16.5. The fraction of sp³-hybridized carbons (Fsp3) is 0.389. The lowest BCUT2D eigenvalue weighted by Crippen LogP contribution is -2.27. The lowest BCUT2D eigenvalue weighted by molar-refractivity contribution is 0.0948. The van der Waals surface area contributed by atoms with Crippen molar-refractivity contribution in [3.63, 3.8) is 0 Å². The lowest BCUT2D eigenvalue weighted by Gasteiger charge is -2.13. The zero-order valence-electron chi connectivity index (χ0n) is 13.5. The molecule has 2 aromatic rings. The minimum atomic E-state index is -0.327. The van der Waals surface area contributed by atoms with Crippen molar-refractivity contribution in [1.82, 2.24) is 15.5 Å². The predicted octanol–water partition coefficient (Wildman–Crippen LogP) is 2.06. The highest BCUT2D eigenvalue weighted by Crippen LogP contribution is 2.24. The SMILES string of the molecule is O=C(NCCc1ccc(OC2CCCC2)cc1)c1ccc(=O)[nH]n1. The highest BCUT2D eigenvalue weighted by Gasteiger charge is 2.16. The standard InChI is InChI=1S/C18H21N3O3/c22-17-10-9-16(20-21-17)18(23)19-12-11-13-5-7-15(8-6-13)24-14-3-1-2-4-14/h5-10,14H,1-4,11-12H2,(H,19,23)(H,21,22). The summed E-state index contributed by atoms with van der Waals surface area (Å²) in [7, 11) is 0. The molecule has 1 heterocycles. The Kier molecular flexibility index (Phi) is 5.25. The van der Waals surface area contributed by atoms with Crippen LogP contribution >= 0.6 is 0 Å². The smallest absolute Gasteiger partial charge is 0.271 e. The van der Waals surface area contributed by atoms with Gasteiger partial charge in [0.15, 0.2) is 0 Å². The molecule has 0 aliphatic heterocycles. The Morgan fingerprint density at radius 3 is 2.58 bits per heavy atom. The number of rotatable bonds is 6. The van der Waals surface area contributed by atoms with Crippen molar-refractivity contribution in [3.05, 3.63) is 58.0 Å². The van der Waals surface area contributed by atoms with Crippen LogP contribution in [0.15, 0.2) is 41.2 Å². The second-order valence-corrected chi connectivity index (χ2v) is 5.98. The Labute approximate surface area is 140 Å². The van der Waals surface area contributed by atoms with Gasteiger partial charge < -0.3 is 10.1 Å². The first-order chi connectivity index (χ1) is 11.7. The van der Waals surface area contributed by atoms with Crippen molar-refractivity contribution in [2.45, 2.75) is 38.2 Å². The van der Waals surface area contributed by atoms with Gasteiger partial charge in [-0.3, -0.25) is 9.59 Å². The van der Waals surface area contributed by atoms with Crippen LogP contribution in [-0.2, 0) is 6.42 Å². The van der Waals surface area contributed by atoms with E-state index >= 15 is 0 Å². The molecule has 0 spiro atoms. The van der Waals surface area contributed by atoms with Crippen molar-refractivity contribution in [2.24, 2.45) is 0 Å². The summed E-state index contributed by atoms with van der Waals surface area (Å²) in [4.78, 5) is 22.8. The number of hydrogen-bond donors (Lipinski definition) is 2. The second kappa shape index (κ2) is 7.77. The minimum Gasteiger partial charge on any atom is -0.490 e. The Balaban J connectivity index is 1.45. The van der Waals surface area contributed by atoms with Crippen molar-refractivity contribution in [1.29, 1.82) is 0 Å². The number of benzene rings is 1. The van der Waals surface area contributed by atoms with Gasteiger partial charge in [0, 0.05) is 12.6 Å². The first-order valence-corrected chi connectivity index (χ1v) is 8.30. The lowest BCUT2D eigenvalue weighted by atomic mass is 10.1. The molecule has 2 N–H and O–H groups in total. The zero-order valence-corrected chi connectivity index (χ0v) is 13.5. The van der Waals surface area contributed by atoms with E-state index in [1.54, 1.807) is 0 Å². The second-order valence-electron chi connectivity index (χ2n) is 5.98. The number of ether oxygens (including phenoxy) is 1. The van der Waals surface area contributed by atoms with Crippen LogP contribution in [0.25, 0.3) is 0 Å². The highest BCUT2D eigenvalue weighted by molar-refractivity contribution is 5.91. The molecule has 0 bridgehead atoms. The summed E-state index contributed by atoms with van der Waals surface area (Å²) in [5.74, 6) is 0.611. The van der Waals surface area contributed by atoms with Crippen LogP contribution in [0.4, 0.5) is 0 Å². The Bertz CT molecular complexity index is 713. The van der Waals surface area contributed by atoms with Gasteiger partial charge >= 0.3 is 0 Å². The van der Waals surface area contributed by atoms with Gasteiger partial charge in [0.2, 0.25) is 0 Å². The van der Waals surface area contributed by atoms with Gasteiger partial charge in [0.25, 0.3) is 11.5 Å². The number of nitrogens with one attached hydrogen (secondary N) is 2. The molecular weight excluding hydrogens is 306 g/mol. The molecule has 1 aromatic heterocycles. The summed E-state index contributed by atoms with van der Waals surface area (Å²) in [6, 6.07) is 10.7. The zero-order chi connectivity index (χ0) is 16.8. The molecule has 0 unspecified atom stereocenters. The van der Waals surface area contributed by atoms with Crippen molar-refractivity contribution < 1.29 is 9.53 Å². The third-order valence-electron chi connectivity index (χ3n) is 4.14. The fourth-order valence-corrected chi connectivity index (χ4v) is 2.82. The summed E-state index contributed by atoms with van der Waals surface area (Å²) in [6.07, 6.45) is 5.89. The molecule has 0 saturated heterocycles. The van der Waals surface area contributed by atoms with E-state index in [9.17, 15) is 9.59 Å². The van der Waals surface area contributed by atoms with Gasteiger partial charge in [0.05, 0.1) is 6.10 Å². The summed E-state index contributed by atoms with van der Waals surface area (Å²) >= 11 is 0. The number of amides is 1. The molecule has 126 valence electrons. The third-order valence-corrected chi connectivity index (χ3v) is 4.14. The number of nitrogens with zero attached hydrogens (tertiary/aromatic N) is 1. The number of H-pyrrole nitrogens is 1. The van der Waals surface area contributed by atoms with Crippen LogP contribution in [0.1, 0.15) is 41.7 Å². The molecule has 0 radical (unpaired) electrons. The number of aromatic nitrogens is 2. The van der Waals surface area contributed by atoms with E-state index in [0.29, 0.717) is 12.6 Å². The van der Waals surface area contributed by atoms with Gasteiger partial charge in [-0.1, -0.05) is 12.1 Å². The van der Waals surface area contributed by atoms with E-state index in [4.69, 9.17) is 4.74 Å². The summed E-state index contributed by atoms with van der Waals surface area (Å²) in [6.45, 7) is 0.502. The average molecular weight is 327 g/mol. The topological polar surface area (TPSA) is 84.1 Å². The molecule has 6 nitrogen and oxygen atoms in total. The number of hydrogen-bond acceptors (Lipinski definition) is 4. The van der Waals surface area contributed by atoms with Crippen molar-refractivity contribution in [3.8, 4) is 5.75 Å². The van der Waals surface area contributed by atoms with E-state index in [0.717, 1.165) is 30.6 Å². The van der Waals surface area contributed by atoms with Gasteiger partial charge in [-0.2, -0.15) is 5.10 Å². The molecule has 1 fully saturated rings. The van der Waals surface area contributed by atoms with Gasteiger partial charge in [-0.05, 0) is 55.9 Å². The van der Waals surface area contributed by atoms with Gasteiger partial charge in [0.1, 0.15) is 11.4 Å². The molecular formula is C18H21N3O3. The Morgan fingerprint density at radius 2 is 1.92 bits per heavy atom. The molecule has 1 aromatic carbocycles. The van der Waals surface area contributed by atoms with E-state index < -0.39 is 0 Å². The number of carbonyl (C=O) groups excluding carboxylic acids is 1. The summed E-state index contributed by atoms with van der Waals surface area (Å²) in [5, 5.41) is 8.73. The van der Waals surface area contributed by atoms with Gasteiger partial charge in [-0.15, -0.1) is 0 Å². The molecule has 0 atom stereocenters. The number of carbonyl (C=O) groups is 1. The van der Waals surface area contributed by atoms with E-state index in [-0.39, 0.29) is 17.2 Å². The van der Waals surface area contributed by atoms with E-state index in [1.807, 2.05) is 24.3 Å². The quantitative estimate of drug-likeness (QED) is 0.850. The summed E-state index contributed by atoms with van der Waals surface area (Å²) < 4.78 is 5.93. The molecule has 1 amide bonds. The van der Waals surface area contributed by atoms with Crippen LogP contribution in [0.3, 0.4) is 0 Å². The Morgan fingerprint density at radius 1 is 1.17 bits per heavy atom. The average Bonchev–Trinajstić information content (AvgIpc) is 3.10. The van der Waals surface area contributed by atoms with Gasteiger partial charge in [-0.25, -0.2) is 5.10 Å². The molecule has 1 saturated carbocycles. The largest absolute Gasteiger partial charge is 0.490 e. The van der Waals surface area contributed by atoms with Crippen LogP contribution in [0.5, 0.6) is 5.75 Å². The molecule has 3 rings (SSSR count). The number of aromatic amines is 1. The predicted molar refractivity (Wildman–Crippen MR) is 90.2 cm³/mol. The van der Waals surface area contributed by atoms with Crippen LogP contribution in [0, 0.1) is 0 Å². The van der Waals surface area contributed by atoms with E-state index in [2.05, 4.69) is 15.5 Å². The maximum Gasteiger partial charge on any atom is 0.271 e. The minimum absolute atomic E-state index is 0.204. The molecule has 1 aliphatic carbocycles. The fourth-order valence-electron chi connectivity index (χ4n) is 2.82.